The van der Waals surface area contributed by atoms with Crippen LogP contribution in [0.5, 0.6) is 0 Å². The molecule has 0 spiro atoms. The maximum atomic E-state index is 13.1. The van der Waals surface area contributed by atoms with E-state index in [9.17, 15) is 10.1 Å². The molecule has 0 saturated heterocycles. The summed E-state index contributed by atoms with van der Waals surface area (Å²) in [5.74, 6) is 0.520. The predicted octanol–water partition coefficient (Wildman–Crippen LogP) is 8.01. The molecular weight excluding hydrogens is 430 g/mol. The lowest BCUT2D eigenvalue weighted by molar-refractivity contribution is -0.218. The van der Waals surface area contributed by atoms with Gasteiger partial charge in [0.25, 0.3) is 0 Å². The van der Waals surface area contributed by atoms with Crippen LogP contribution in [-0.4, -0.2) is 12.4 Å². The first kappa shape index (κ1) is 24.6. The summed E-state index contributed by atoms with van der Waals surface area (Å²) in [4.78, 5) is 13.1. The van der Waals surface area contributed by atoms with Crippen LogP contribution in [0.2, 0.25) is 0 Å². The Morgan fingerprint density at radius 1 is 0.943 bits per heavy atom. The second-order valence-electron chi connectivity index (χ2n) is 13.7. The number of ketones is 1. The summed E-state index contributed by atoms with van der Waals surface area (Å²) in [7, 11) is 0. The average Bonchev–Trinajstić information content (AvgIpc) is 2.81. The highest BCUT2D eigenvalue weighted by molar-refractivity contribution is 6.07. The molecule has 3 saturated carbocycles. The molecule has 0 bridgehead atoms. The summed E-state index contributed by atoms with van der Waals surface area (Å²) in [6.07, 6.45) is 14.2. The zero-order valence-electron chi connectivity index (χ0n) is 23.2. The standard InChI is InChI=1S/C32H43NO2/c1-9-35-26-21(2)22-10-11-25-29(5,23(22)18-24(26)34)15-17-31(7)30(25,6)16-14-28(4)13-12-27(3,20-33)19-32(28,31)8/h10-11,18H,9,12-17,19H2,1-8H3/t27-,28-,29+,30-,31-,32-/m1/s1. The molecule has 188 valence electrons. The molecule has 35 heavy (non-hydrogen) atoms. The molecular formula is C32H43NO2. The van der Waals surface area contributed by atoms with E-state index >= 15 is 0 Å². The van der Waals surface area contributed by atoms with Gasteiger partial charge in [0.05, 0.1) is 18.1 Å². The highest BCUT2D eigenvalue weighted by Crippen LogP contribution is 2.79. The van der Waals surface area contributed by atoms with Crippen molar-refractivity contribution in [3.63, 3.8) is 0 Å². The number of hydrogen-bond donors (Lipinski definition) is 0. The molecule has 0 N–H and O–H groups in total. The predicted molar refractivity (Wildman–Crippen MR) is 140 cm³/mol. The topological polar surface area (TPSA) is 50.1 Å². The molecule has 0 heterocycles. The molecule has 0 radical (unpaired) electrons. The van der Waals surface area contributed by atoms with Gasteiger partial charge in [-0.25, -0.2) is 0 Å². The van der Waals surface area contributed by atoms with Gasteiger partial charge < -0.3 is 4.74 Å². The van der Waals surface area contributed by atoms with Gasteiger partial charge in [-0.1, -0.05) is 52.3 Å². The number of nitrogens with zero attached hydrogens (tertiary/aromatic N) is 1. The molecule has 6 atom stereocenters. The maximum absolute atomic E-state index is 13.1. The highest BCUT2D eigenvalue weighted by atomic mass is 16.5. The van der Waals surface area contributed by atoms with E-state index in [4.69, 9.17) is 4.74 Å². The van der Waals surface area contributed by atoms with E-state index in [1.54, 1.807) is 0 Å². The van der Waals surface area contributed by atoms with Crippen LogP contribution in [0.15, 0.2) is 46.3 Å². The minimum atomic E-state index is -0.250. The van der Waals surface area contributed by atoms with E-state index in [-0.39, 0.29) is 38.3 Å². The summed E-state index contributed by atoms with van der Waals surface area (Å²) in [6, 6.07) is 2.72. The SMILES string of the molecule is CCOC1=C(C)C2=CC=C3[C@@](C)(CC[C@@]4(C)[C@]5(C)C[C@](C)(C#N)CC[C@]5(C)CC[C@]34C)C2=CC1=O. The minimum absolute atomic E-state index is 0.0118. The van der Waals surface area contributed by atoms with Crippen LogP contribution in [0.1, 0.15) is 100 Å². The fourth-order valence-corrected chi connectivity index (χ4v) is 9.50. The quantitative estimate of drug-likeness (QED) is 0.408. The minimum Gasteiger partial charge on any atom is -0.489 e. The Morgan fingerprint density at radius 2 is 1.63 bits per heavy atom. The lowest BCUT2D eigenvalue weighted by Crippen LogP contribution is -2.66. The van der Waals surface area contributed by atoms with Gasteiger partial charge in [-0.2, -0.15) is 5.26 Å². The van der Waals surface area contributed by atoms with Crippen molar-refractivity contribution in [2.24, 2.45) is 32.5 Å². The van der Waals surface area contributed by atoms with Gasteiger partial charge in [-0.15, -0.1) is 0 Å². The molecule has 0 aromatic rings. The van der Waals surface area contributed by atoms with Crippen LogP contribution >= 0.6 is 0 Å². The number of hydrogen-bond acceptors (Lipinski definition) is 3. The Bertz CT molecular complexity index is 1180. The molecule has 5 aliphatic carbocycles. The second kappa shape index (κ2) is 7.24. The van der Waals surface area contributed by atoms with Gasteiger partial charge in [-0.3, -0.25) is 4.79 Å². The van der Waals surface area contributed by atoms with Gasteiger partial charge in [0.2, 0.25) is 5.78 Å². The number of allylic oxidation sites excluding steroid dienone is 7. The number of nitriles is 1. The smallest absolute Gasteiger partial charge is 0.220 e. The average molecular weight is 474 g/mol. The molecule has 3 heteroatoms. The Labute approximate surface area is 212 Å². The first-order valence-corrected chi connectivity index (χ1v) is 13.7. The molecule has 5 aliphatic rings. The fraction of sp³-hybridized carbons (Fsp3) is 0.688. The number of rotatable bonds is 2. The van der Waals surface area contributed by atoms with E-state index in [2.05, 4.69) is 59.8 Å². The van der Waals surface area contributed by atoms with E-state index < -0.39 is 0 Å². The largest absolute Gasteiger partial charge is 0.489 e. The van der Waals surface area contributed by atoms with Crippen molar-refractivity contribution in [2.45, 2.75) is 100 Å². The second-order valence-corrected chi connectivity index (χ2v) is 13.7. The molecule has 0 aromatic heterocycles. The number of ether oxygens (including phenoxy) is 1. The van der Waals surface area contributed by atoms with Crippen molar-refractivity contribution in [3.8, 4) is 6.07 Å². The lowest BCUT2D eigenvalue weighted by atomic mass is 9.29. The third-order valence-electron chi connectivity index (χ3n) is 12.3. The maximum Gasteiger partial charge on any atom is 0.220 e. The monoisotopic (exact) mass is 473 g/mol. The van der Waals surface area contributed by atoms with Gasteiger partial charge in [0, 0.05) is 11.0 Å². The summed E-state index contributed by atoms with van der Waals surface area (Å²) < 4.78 is 5.76. The van der Waals surface area contributed by atoms with E-state index in [1.165, 1.54) is 29.6 Å². The zero-order valence-corrected chi connectivity index (χ0v) is 23.2. The first-order valence-electron chi connectivity index (χ1n) is 13.7. The van der Waals surface area contributed by atoms with Gasteiger partial charge in [0.15, 0.2) is 5.76 Å². The zero-order chi connectivity index (χ0) is 25.7. The molecule has 0 amide bonds. The normalized spacial score (nSPS) is 46.7. The Kier molecular flexibility index (Phi) is 5.09. The van der Waals surface area contributed by atoms with E-state index in [0.717, 1.165) is 37.7 Å². The molecule has 3 nitrogen and oxygen atoms in total. The van der Waals surface area contributed by atoms with Crippen LogP contribution in [0, 0.1) is 43.8 Å². The summed E-state index contributed by atoms with van der Waals surface area (Å²) in [5.41, 5.74) is 4.89. The Morgan fingerprint density at radius 3 is 2.29 bits per heavy atom. The Balaban J connectivity index is 1.67. The third-order valence-corrected chi connectivity index (χ3v) is 12.3. The lowest BCUT2D eigenvalue weighted by Gasteiger charge is -2.74. The molecule has 3 fully saturated rings. The number of carbonyl (C=O) groups is 1. The van der Waals surface area contributed by atoms with Crippen molar-refractivity contribution in [1.82, 2.24) is 0 Å². The third kappa shape index (κ3) is 2.81. The van der Waals surface area contributed by atoms with Crippen LogP contribution in [0.4, 0.5) is 0 Å². The van der Waals surface area contributed by atoms with Crippen molar-refractivity contribution in [3.05, 3.63) is 46.3 Å². The molecule has 0 aromatic carbocycles. The number of fused-ring (bicyclic) bond motifs is 7. The molecule has 5 rings (SSSR count). The van der Waals surface area contributed by atoms with Crippen molar-refractivity contribution in [2.75, 3.05) is 6.61 Å². The van der Waals surface area contributed by atoms with Gasteiger partial charge in [0.1, 0.15) is 0 Å². The van der Waals surface area contributed by atoms with E-state index in [0.29, 0.717) is 12.4 Å². The summed E-state index contributed by atoms with van der Waals surface area (Å²) >= 11 is 0. The van der Waals surface area contributed by atoms with Crippen LogP contribution in [-0.2, 0) is 9.53 Å². The summed E-state index contributed by atoms with van der Waals surface area (Å²) in [5, 5.41) is 10.1. The van der Waals surface area contributed by atoms with Crippen molar-refractivity contribution < 1.29 is 9.53 Å². The van der Waals surface area contributed by atoms with Crippen LogP contribution in [0.3, 0.4) is 0 Å². The highest BCUT2D eigenvalue weighted by Gasteiger charge is 2.71. The van der Waals surface area contributed by atoms with Gasteiger partial charge in [-0.05, 0) is 105 Å². The summed E-state index contributed by atoms with van der Waals surface area (Å²) in [6.45, 7) is 19.1. The Hall–Kier alpha value is -2.08. The fourth-order valence-electron chi connectivity index (χ4n) is 9.50. The van der Waals surface area contributed by atoms with Crippen molar-refractivity contribution in [1.29, 1.82) is 5.26 Å². The first-order chi connectivity index (χ1) is 16.2. The number of carbonyl (C=O) groups excluding carboxylic acids is 1. The molecule has 0 unspecified atom stereocenters. The van der Waals surface area contributed by atoms with Crippen molar-refractivity contribution >= 4 is 5.78 Å². The van der Waals surface area contributed by atoms with E-state index in [1.807, 2.05) is 19.9 Å². The van der Waals surface area contributed by atoms with Crippen LogP contribution < -0.4 is 0 Å². The van der Waals surface area contributed by atoms with Crippen LogP contribution in [0.25, 0.3) is 0 Å². The molecule has 0 aliphatic heterocycles. The van der Waals surface area contributed by atoms with Gasteiger partial charge >= 0.3 is 0 Å².